The molecule has 0 heterocycles. The van der Waals surface area contributed by atoms with Crippen molar-refractivity contribution in [3.8, 4) is 0 Å². The van der Waals surface area contributed by atoms with E-state index in [1.54, 1.807) is 14.2 Å². The molecule has 0 aliphatic carbocycles. The number of thiocarbonyl (C=S) groups is 1. The third-order valence-corrected chi connectivity index (χ3v) is 3.40. The van der Waals surface area contributed by atoms with E-state index < -0.39 is 0 Å². The van der Waals surface area contributed by atoms with Crippen LogP contribution in [0.2, 0.25) is 0 Å². The number of anilines is 1. The fourth-order valence-electron chi connectivity index (χ4n) is 1.87. The van der Waals surface area contributed by atoms with Crippen molar-refractivity contribution < 1.29 is 9.47 Å². The third-order valence-electron chi connectivity index (χ3n) is 3.04. The Labute approximate surface area is 127 Å². The van der Waals surface area contributed by atoms with Gasteiger partial charge < -0.3 is 19.7 Å². The second-order valence-corrected chi connectivity index (χ2v) is 5.11. The van der Waals surface area contributed by atoms with Crippen molar-refractivity contribution in [3.63, 3.8) is 0 Å². The van der Waals surface area contributed by atoms with E-state index in [1.165, 1.54) is 11.1 Å². The lowest BCUT2D eigenvalue weighted by Crippen LogP contribution is -2.39. The monoisotopic (exact) mass is 296 g/mol. The van der Waals surface area contributed by atoms with Gasteiger partial charge in [-0.2, -0.15) is 0 Å². The highest BCUT2D eigenvalue weighted by Gasteiger charge is 2.10. The minimum absolute atomic E-state index is 0.637. The van der Waals surface area contributed by atoms with Crippen LogP contribution in [0.3, 0.4) is 0 Å². The van der Waals surface area contributed by atoms with Crippen LogP contribution < -0.4 is 5.32 Å². The van der Waals surface area contributed by atoms with Crippen LogP contribution >= 0.6 is 12.2 Å². The molecular weight excluding hydrogens is 272 g/mol. The van der Waals surface area contributed by atoms with Crippen molar-refractivity contribution in [2.75, 3.05) is 45.8 Å². The van der Waals surface area contributed by atoms with Crippen LogP contribution in [0.15, 0.2) is 18.2 Å². The van der Waals surface area contributed by atoms with Crippen LogP contribution in [0, 0.1) is 13.8 Å². The second-order valence-electron chi connectivity index (χ2n) is 4.72. The SMILES string of the molecule is COCCN(CCOC)C(=S)Nc1ccc(C)cc1C. The Morgan fingerprint density at radius 1 is 1.15 bits per heavy atom. The highest BCUT2D eigenvalue weighted by Crippen LogP contribution is 2.16. The number of nitrogens with one attached hydrogen (secondary N) is 1. The van der Waals surface area contributed by atoms with E-state index in [4.69, 9.17) is 21.7 Å². The normalized spacial score (nSPS) is 10.4. The summed E-state index contributed by atoms with van der Waals surface area (Å²) in [5, 5.41) is 4.00. The van der Waals surface area contributed by atoms with E-state index in [-0.39, 0.29) is 0 Å². The van der Waals surface area contributed by atoms with Gasteiger partial charge in [0.25, 0.3) is 0 Å². The van der Waals surface area contributed by atoms with Gasteiger partial charge >= 0.3 is 0 Å². The molecule has 5 heteroatoms. The van der Waals surface area contributed by atoms with E-state index in [2.05, 4.69) is 42.3 Å². The van der Waals surface area contributed by atoms with Crippen LogP contribution in [0.1, 0.15) is 11.1 Å². The predicted molar refractivity (Wildman–Crippen MR) is 87.5 cm³/mol. The summed E-state index contributed by atoms with van der Waals surface area (Å²) in [5.41, 5.74) is 3.47. The van der Waals surface area contributed by atoms with E-state index >= 15 is 0 Å². The molecule has 1 aromatic rings. The van der Waals surface area contributed by atoms with Gasteiger partial charge in [-0.15, -0.1) is 0 Å². The summed E-state index contributed by atoms with van der Waals surface area (Å²) in [6, 6.07) is 6.27. The quantitative estimate of drug-likeness (QED) is 0.782. The second kappa shape index (κ2) is 8.89. The first-order valence-electron chi connectivity index (χ1n) is 6.69. The van der Waals surface area contributed by atoms with Crippen LogP contribution in [0.5, 0.6) is 0 Å². The zero-order chi connectivity index (χ0) is 15.0. The minimum atomic E-state index is 0.637. The number of benzene rings is 1. The topological polar surface area (TPSA) is 33.7 Å². The average Bonchev–Trinajstić information content (AvgIpc) is 2.42. The average molecular weight is 296 g/mol. The molecule has 0 fully saturated rings. The summed E-state index contributed by atoms with van der Waals surface area (Å²) in [6.45, 7) is 6.93. The number of aryl methyl sites for hydroxylation is 2. The third kappa shape index (κ3) is 5.45. The number of rotatable bonds is 7. The standard InChI is InChI=1S/C15H24N2O2S/c1-12-5-6-14(13(2)11-12)16-15(20)17(7-9-18-3)8-10-19-4/h5-6,11H,7-10H2,1-4H3,(H,16,20). The van der Waals surface area contributed by atoms with Crippen LogP contribution in [0.4, 0.5) is 5.69 Å². The molecule has 20 heavy (non-hydrogen) atoms. The molecule has 0 aliphatic heterocycles. The van der Waals surface area contributed by atoms with Gasteiger partial charge in [0.15, 0.2) is 5.11 Å². The fourth-order valence-corrected chi connectivity index (χ4v) is 2.16. The summed E-state index contributed by atoms with van der Waals surface area (Å²) >= 11 is 5.48. The molecule has 1 N–H and O–H groups in total. The van der Waals surface area contributed by atoms with Gasteiger partial charge in [-0.1, -0.05) is 17.7 Å². The number of hydrogen-bond donors (Lipinski definition) is 1. The lowest BCUT2D eigenvalue weighted by Gasteiger charge is -2.25. The number of methoxy groups -OCH3 is 2. The summed E-state index contributed by atoms with van der Waals surface area (Å²) in [6.07, 6.45) is 0. The molecule has 0 atom stereocenters. The van der Waals surface area contributed by atoms with Crippen molar-refractivity contribution >= 4 is 23.0 Å². The first-order valence-corrected chi connectivity index (χ1v) is 7.10. The van der Waals surface area contributed by atoms with Gasteiger partial charge in [0, 0.05) is 33.0 Å². The first kappa shape index (κ1) is 16.9. The van der Waals surface area contributed by atoms with E-state index in [0.29, 0.717) is 18.3 Å². The summed E-state index contributed by atoms with van der Waals surface area (Å²) < 4.78 is 10.2. The largest absolute Gasteiger partial charge is 0.383 e. The van der Waals surface area contributed by atoms with Gasteiger partial charge in [-0.05, 0) is 37.7 Å². The predicted octanol–water partition coefficient (Wildman–Crippen LogP) is 2.60. The summed E-state index contributed by atoms with van der Waals surface area (Å²) in [4.78, 5) is 2.06. The first-order chi connectivity index (χ1) is 9.58. The van der Waals surface area contributed by atoms with Crippen LogP contribution in [0.25, 0.3) is 0 Å². The lowest BCUT2D eigenvalue weighted by molar-refractivity contribution is 0.147. The molecule has 1 aromatic carbocycles. The Bertz CT molecular complexity index is 430. The highest BCUT2D eigenvalue weighted by molar-refractivity contribution is 7.80. The highest BCUT2D eigenvalue weighted by atomic mass is 32.1. The van der Waals surface area contributed by atoms with Gasteiger partial charge in [-0.25, -0.2) is 0 Å². The van der Waals surface area contributed by atoms with Gasteiger partial charge in [0.05, 0.1) is 13.2 Å². The number of hydrogen-bond acceptors (Lipinski definition) is 3. The molecule has 0 amide bonds. The molecule has 0 saturated heterocycles. The number of ether oxygens (including phenoxy) is 2. The Morgan fingerprint density at radius 3 is 2.25 bits per heavy atom. The van der Waals surface area contributed by atoms with Crippen molar-refractivity contribution in [3.05, 3.63) is 29.3 Å². The molecule has 0 radical (unpaired) electrons. The summed E-state index contributed by atoms with van der Waals surface area (Å²) in [7, 11) is 3.38. The molecule has 4 nitrogen and oxygen atoms in total. The van der Waals surface area contributed by atoms with Crippen LogP contribution in [-0.4, -0.2) is 50.5 Å². The Hall–Kier alpha value is -1.17. The maximum atomic E-state index is 5.48. The number of nitrogens with zero attached hydrogens (tertiary/aromatic N) is 1. The van der Waals surface area contributed by atoms with Gasteiger partial charge in [-0.3, -0.25) is 0 Å². The molecule has 0 unspecified atom stereocenters. The summed E-state index contributed by atoms with van der Waals surface area (Å²) in [5.74, 6) is 0. The molecule has 0 aliphatic rings. The van der Waals surface area contributed by atoms with Crippen molar-refractivity contribution in [1.29, 1.82) is 0 Å². The molecule has 1 rings (SSSR count). The zero-order valence-electron chi connectivity index (χ0n) is 12.7. The zero-order valence-corrected chi connectivity index (χ0v) is 13.5. The van der Waals surface area contributed by atoms with E-state index in [0.717, 1.165) is 18.8 Å². The maximum Gasteiger partial charge on any atom is 0.173 e. The van der Waals surface area contributed by atoms with Crippen LogP contribution in [-0.2, 0) is 9.47 Å². The molecule has 0 bridgehead atoms. The lowest BCUT2D eigenvalue weighted by atomic mass is 10.1. The molecule has 112 valence electrons. The van der Waals surface area contributed by atoms with Crippen molar-refractivity contribution in [1.82, 2.24) is 4.90 Å². The van der Waals surface area contributed by atoms with Crippen molar-refractivity contribution in [2.45, 2.75) is 13.8 Å². The van der Waals surface area contributed by atoms with E-state index in [9.17, 15) is 0 Å². The Kier molecular flexibility index (Phi) is 7.51. The molecule has 0 saturated carbocycles. The molecule has 0 aromatic heterocycles. The van der Waals surface area contributed by atoms with Gasteiger partial charge in [0.1, 0.15) is 0 Å². The Morgan fingerprint density at radius 2 is 1.75 bits per heavy atom. The fraction of sp³-hybridized carbons (Fsp3) is 0.533. The van der Waals surface area contributed by atoms with Gasteiger partial charge in [0.2, 0.25) is 0 Å². The molecular formula is C15H24N2O2S. The minimum Gasteiger partial charge on any atom is -0.383 e. The maximum absolute atomic E-state index is 5.48. The Balaban J connectivity index is 2.68. The van der Waals surface area contributed by atoms with Crippen molar-refractivity contribution in [2.24, 2.45) is 0 Å². The molecule has 0 spiro atoms. The smallest absolute Gasteiger partial charge is 0.173 e. The van der Waals surface area contributed by atoms with E-state index in [1.807, 2.05) is 0 Å².